The Balaban J connectivity index is 1.98. The average molecular weight is 256 g/mol. The van der Waals surface area contributed by atoms with Crippen molar-refractivity contribution in [2.24, 2.45) is 5.92 Å². The predicted octanol–water partition coefficient (Wildman–Crippen LogP) is 2.75. The SMILES string of the molecule is Cc1cc2ccccc2nc1N1CCC(C)C(O)C1. The molecule has 1 aliphatic heterocycles. The monoisotopic (exact) mass is 256 g/mol. The second-order valence-corrected chi connectivity index (χ2v) is 5.60. The van der Waals surface area contributed by atoms with Gasteiger partial charge in [0, 0.05) is 18.5 Å². The van der Waals surface area contributed by atoms with Crippen LogP contribution in [0.4, 0.5) is 5.82 Å². The second-order valence-electron chi connectivity index (χ2n) is 5.60. The molecule has 1 fully saturated rings. The van der Waals surface area contributed by atoms with Crippen molar-refractivity contribution >= 4 is 16.7 Å². The Kier molecular flexibility index (Phi) is 3.15. The Morgan fingerprint density at radius 3 is 2.89 bits per heavy atom. The molecule has 19 heavy (non-hydrogen) atoms. The fourth-order valence-electron chi connectivity index (χ4n) is 2.77. The molecule has 0 radical (unpaired) electrons. The minimum Gasteiger partial charge on any atom is -0.391 e. The number of piperidine rings is 1. The van der Waals surface area contributed by atoms with E-state index >= 15 is 0 Å². The Morgan fingerprint density at radius 1 is 1.32 bits per heavy atom. The van der Waals surface area contributed by atoms with Crippen molar-refractivity contribution in [2.75, 3.05) is 18.0 Å². The smallest absolute Gasteiger partial charge is 0.132 e. The van der Waals surface area contributed by atoms with Crippen LogP contribution in [0.3, 0.4) is 0 Å². The number of aromatic nitrogens is 1. The van der Waals surface area contributed by atoms with E-state index in [4.69, 9.17) is 4.98 Å². The number of nitrogens with zero attached hydrogens (tertiary/aromatic N) is 2. The minimum absolute atomic E-state index is 0.249. The molecule has 2 atom stereocenters. The second kappa shape index (κ2) is 4.82. The van der Waals surface area contributed by atoms with Gasteiger partial charge in [0.15, 0.2) is 0 Å². The lowest BCUT2D eigenvalue weighted by molar-refractivity contribution is 0.102. The van der Waals surface area contributed by atoms with Gasteiger partial charge in [-0.3, -0.25) is 0 Å². The number of benzene rings is 1. The molecule has 1 saturated heterocycles. The Bertz CT molecular complexity index is 596. The first-order valence-electron chi connectivity index (χ1n) is 6.94. The zero-order valence-corrected chi connectivity index (χ0v) is 11.5. The summed E-state index contributed by atoms with van der Waals surface area (Å²) in [5.74, 6) is 1.40. The minimum atomic E-state index is -0.249. The fraction of sp³-hybridized carbons (Fsp3) is 0.438. The number of pyridine rings is 1. The molecule has 1 aromatic heterocycles. The van der Waals surface area contributed by atoms with Crippen LogP contribution >= 0.6 is 0 Å². The molecular formula is C16H20N2O. The molecule has 1 aromatic carbocycles. The summed E-state index contributed by atoms with van der Waals surface area (Å²) in [6.07, 6.45) is 0.774. The third-order valence-electron chi connectivity index (χ3n) is 4.11. The topological polar surface area (TPSA) is 36.4 Å². The number of para-hydroxylation sites is 1. The van der Waals surface area contributed by atoms with Gasteiger partial charge in [0.1, 0.15) is 5.82 Å². The summed E-state index contributed by atoms with van der Waals surface area (Å²) in [6.45, 7) is 5.87. The lowest BCUT2D eigenvalue weighted by atomic mass is 9.96. The van der Waals surface area contributed by atoms with Crippen molar-refractivity contribution in [3.63, 3.8) is 0 Å². The van der Waals surface area contributed by atoms with Crippen molar-refractivity contribution in [2.45, 2.75) is 26.4 Å². The number of aliphatic hydroxyl groups is 1. The molecule has 1 aliphatic rings. The van der Waals surface area contributed by atoms with Crippen LogP contribution in [0.2, 0.25) is 0 Å². The molecule has 2 heterocycles. The van der Waals surface area contributed by atoms with E-state index in [0.717, 1.165) is 24.3 Å². The van der Waals surface area contributed by atoms with Crippen LogP contribution in [0, 0.1) is 12.8 Å². The first kappa shape index (κ1) is 12.4. The van der Waals surface area contributed by atoms with E-state index in [1.165, 1.54) is 10.9 Å². The summed E-state index contributed by atoms with van der Waals surface area (Å²) in [6, 6.07) is 10.4. The van der Waals surface area contributed by atoms with Crippen LogP contribution in [0.5, 0.6) is 0 Å². The number of rotatable bonds is 1. The number of aliphatic hydroxyl groups excluding tert-OH is 1. The van der Waals surface area contributed by atoms with E-state index in [1.54, 1.807) is 0 Å². The third kappa shape index (κ3) is 2.30. The van der Waals surface area contributed by atoms with Crippen molar-refractivity contribution in [3.05, 3.63) is 35.9 Å². The van der Waals surface area contributed by atoms with Gasteiger partial charge in [-0.1, -0.05) is 25.1 Å². The summed E-state index contributed by atoms with van der Waals surface area (Å²) >= 11 is 0. The number of anilines is 1. The molecule has 0 saturated carbocycles. The van der Waals surface area contributed by atoms with Gasteiger partial charge in [0.05, 0.1) is 11.6 Å². The van der Waals surface area contributed by atoms with Crippen LogP contribution in [0.1, 0.15) is 18.9 Å². The number of aryl methyl sites for hydroxylation is 1. The van der Waals surface area contributed by atoms with Gasteiger partial charge in [-0.05, 0) is 37.0 Å². The van der Waals surface area contributed by atoms with Crippen molar-refractivity contribution in [3.8, 4) is 0 Å². The van der Waals surface area contributed by atoms with Gasteiger partial charge < -0.3 is 10.0 Å². The summed E-state index contributed by atoms with van der Waals surface area (Å²) in [5, 5.41) is 11.2. The molecule has 2 unspecified atom stereocenters. The van der Waals surface area contributed by atoms with Gasteiger partial charge in [0.2, 0.25) is 0 Å². The lowest BCUT2D eigenvalue weighted by Crippen LogP contribution is -2.43. The van der Waals surface area contributed by atoms with Crippen LogP contribution in [0.15, 0.2) is 30.3 Å². The summed E-state index contributed by atoms with van der Waals surface area (Å²) in [5.41, 5.74) is 2.21. The number of hydrogen-bond acceptors (Lipinski definition) is 3. The quantitative estimate of drug-likeness (QED) is 0.852. The standard InChI is InChI=1S/C16H20N2O/c1-11-7-8-18(10-15(11)19)16-12(2)9-13-5-3-4-6-14(13)17-16/h3-6,9,11,15,19H,7-8,10H2,1-2H3. The third-order valence-corrected chi connectivity index (χ3v) is 4.11. The molecule has 0 aliphatic carbocycles. The number of hydrogen-bond donors (Lipinski definition) is 1. The van der Waals surface area contributed by atoms with Gasteiger partial charge in [0.25, 0.3) is 0 Å². The number of β-amino-alcohol motifs (C(OH)–C–C–N with tert-alkyl or cyclic N) is 1. The lowest BCUT2D eigenvalue weighted by Gasteiger charge is -2.35. The maximum absolute atomic E-state index is 10.0. The maximum atomic E-state index is 10.0. The fourth-order valence-corrected chi connectivity index (χ4v) is 2.77. The predicted molar refractivity (Wildman–Crippen MR) is 78.5 cm³/mol. The summed E-state index contributed by atoms with van der Waals surface area (Å²) in [4.78, 5) is 6.99. The van der Waals surface area contributed by atoms with E-state index in [2.05, 4.69) is 30.9 Å². The highest BCUT2D eigenvalue weighted by Crippen LogP contribution is 2.27. The molecule has 0 spiro atoms. The van der Waals surface area contributed by atoms with E-state index in [0.29, 0.717) is 12.5 Å². The first-order chi connectivity index (χ1) is 9.15. The normalized spacial score (nSPS) is 23.8. The maximum Gasteiger partial charge on any atom is 0.132 e. The molecule has 2 aromatic rings. The molecular weight excluding hydrogens is 236 g/mol. The van der Waals surface area contributed by atoms with E-state index < -0.39 is 0 Å². The van der Waals surface area contributed by atoms with Crippen LogP contribution in [-0.4, -0.2) is 29.3 Å². The van der Waals surface area contributed by atoms with Crippen molar-refractivity contribution in [1.82, 2.24) is 4.98 Å². The Labute approximate surface area is 113 Å². The van der Waals surface area contributed by atoms with Gasteiger partial charge in [-0.15, -0.1) is 0 Å². The highest BCUT2D eigenvalue weighted by atomic mass is 16.3. The molecule has 3 nitrogen and oxygen atoms in total. The Hall–Kier alpha value is -1.61. The molecule has 0 bridgehead atoms. The Morgan fingerprint density at radius 2 is 2.11 bits per heavy atom. The molecule has 1 N–H and O–H groups in total. The zero-order valence-electron chi connectivity index (χ0n) is 11.5. The van der Waals surface area contributed by atoms with Crippen LogP contribution in [0.25, 0.3) is 10.9 Å². The highest BCUT2D eigenvalue weighted by molar-refractivity contribution is 5.81. The molecule has 3 rings (SSSR count). The summed E-state index contributed by atoms with van der Waals surface area (Å²) < 4.78 is 0. The van der Waals surface area contributed by atoms with E-state index in [9.17, 15) is 5.11 Å². The summed E-state index contributed by atoms with van der Waals surface area (Å²) in [7, 11) is 0. The highest BCUT2D eigenvalue weighted by Gasteiger charge is 2.25. The van der Waals surface area contributed by atoms with Crippen molar-refractivity contribution < 1.29 is 5.11 Å². The molecule has 0 amide bonds. The largest absolute Gasteiger partial charge is 0.391 e. The van der Waals surface area contributed by atoms with Gasteiger partial charge in [-0.25, -0.2) is 4.98 Å². The van der Waals surface area contributed by atoms with Gasteiger partial charge in [-0.2, -0.15) is 0 Å². The van der Waals surface area contributed by atoms with Crippen molar-refractivity contribution in [1.29, 1.82) is 0 Å². The molecule has 100 valence electrons. The zero-order chi connectivity index (χ0) is 13.4. The van der Waals surface area contributed by atoms with Gasteiger partial charge >= 0.3 is 0 Å². The van der Waals surface area contributed by atoms with Crippen LogP contribution < -0.4 is 4.90 Å². The van der Waals surface area contributed by atoms with E-state index in [1.807, 2.05) is 18.2 Å². The first-order valence-corrected chi connectivity index (χ1v) is 6.94. The van der Waals surface area contributed by atoms with E-state index in [-0.39, 0.29) is 6.10 Å². The average Bonchev–Trinajstić information content (AvgIpc) is 2.41. The molecule has 3 heteroatoms. The van der Waals surface area contributed by atoms with Crippen LogP contribution in [-0.2, 0) is 0 Å². The number of fused-ring (bicyclic) bond motifs is 1.